The highest BCUT2D eigenvalue weighted by molar-refractivity contribution is 7.80. The third kappa shape index (κ3) is 5.31. The molecule has 0 fully saturated rings. The molecule has 3 aromatic rings. The molecule has 0 radical (unpaired) electrons. The van der Waals surface area contributed by atoms with Gasteiger partial charge in [0.2, 0.25) is 5.95 Å². The molecule has 4 rings (SSSR count). The maximum Gasteiger partial charge on any atom is 0.341 e. The van der Waals surface area contributed by atoms with Crippen LogP contribution >= 0.6 is 23.6 Å². The average molecular weight is 474 g/mol. The van der Waals surface area contributed by atoms with E-state index in [1.165, 1.54) is 37.0 Å². The highest BCUT2D eigenvalue weighted by Crippen LogP contribution is 2.37. The lowest BCUT2D eigenvalue weighted by Crippen LogP contribution is -2.21. The molecule has 0 saturated carbocycles. The van der Waals surface area contributed by atoms with Gasteiger partial charge in [-0.05, 0) is 61.2 Å². The van der Waals surface area contributed by atoms with Gasteiger partial charge in [0, 0.05) is 4.88 Å². The Morgan fingerprint density at radius 3 is 2.69 bits per heavy atom. The number of benzene rings is 1. The molecule has 0 bridgehead atoms. The second kappa shape index (κ2) is 10.2. The van der Waals surface area contributed by atoms with Crippen LogP contribution in [0.25, 0.3) is 0 Å². The molecule has 0 atom stereocenters. The van der Waals surface area contributed by atoms with Gasteiger partial charge in [-0.1, -0.05) is 25.0 Å². The molecule has 0 spiro atoms. The molecule has 2 N–H and O–H groups in total. The van der Waals surface area contributed by atoms with Gasteiger partial charge in [-0.2, -0.15) is 0 Å². The third-order valence-electron chi connectivity index (χ3n) is 5.31. The van der Waals surface area contributed by atoms with Crippen molar-refractivity contribution in [2.75, 3.05) is 17.7 Å². The first-order valence-electron chi connectivity index (χ1n) is 10.5. The molecule has 0 amide bonds. The molecule has 168 valence electrons. The number of fused-ring (bicyclic) bond motifs is 1. The number of aryl methyl sites for hydroxylation is 1. The van der Waals surface area contributed by atoms with Crippen molar-refractivity contribution in [2.45, 2.75) is 45.1 Å². The van der Waals surface area contributed by atoms with Crippen molar-refractivity contribution in [3.05, 3.63) is 58.0 Å². The fourth-order valence-corrected chi connectivity index (χ4v) is 5.31. The van der Waals surface area contributed by atoms with E-state index in [9.17, 15) is 9.18 Å². The summed E-state index contributed by atoms with van der Waals surface area (Å²) < 4.78 is 19.8. The summed E-state index contributed by atoms with van der Waals surface area (Å²) >= 11 is 7.01. The van der Waals surface area contributed by atoms with Crippen LogP contribution in [0.4, 0.5) is 15.3 Å². The first-order chi connectivity index (χ1) is 15.5. The Balaban J connectivity index is 1.46. The number of hydrogen-bond donors (Lipinski definition) is 2. The average Bonchev–Trinajstić information content (AvgIpc) is 3.33. The Bertz CT molecular complexity index is 1110. The fraction of sp³-hybridized carbons (Fsp3) is 0.364. The van der Waals surface area contributed by atoms with Crippen molar-refractivity contribution < 1.29 is 13.9 Å². The summed E-state index contributed by atoms with van der Waals surface area (Å²) in [6.45, 7) is 0.458. The maximum atomic E-state index is 13.1. The number of methoxy groups -OCH3 is 1. The van der Waals surface area contributed by atoms with Gasteiger partial charge < -0.3 is 10.1 Å². The highest BCUT2D eigenvalue weighted by atomic mass is 32.1. The summed E-state index contributed by atoms with van der Waals surface area (Å²) in [7, 11) is 1.40. The number of esters is 1. The number of nitrogens with zero attached hydrogens (tertiary/aromatic N) is 3. The van der Waals surface area contributed by atoms with E-state index in [0.717, 1.165) is 36.8 Å². The van der Waals surface area contributed by atoms with Crippen LogP contribution in [0.1, 0.15) is 52.0 Å². The molecule has 1 aliphatic carbocycles. The number of ether oxygens (including phenoxy) is 1. The zero-order chi connectivity index (χ0) is 22.5. The van der Waals surface area contributed by atoms with Crippen LogP contribution in [0.15, 0.2) is 30.6 Å². The molecule has 0 saturated heterocycles. The monoisotopic (exact) mass is 473 g/mol. The van der Waals surface area contributed by atoms with Gasteiger partial charge in [-0.15, -0.1) is 16.4 Å². The summed E-state index contributed by atoms with van der Waals surface area (Å²) in [5.74, 6) is -0.298. The van der Waals surface area contributed by atoms with Gasteiger partial charge in [-0.3, -0.25) is 5.32 Å². The van der Waals surface area contributed by atoms with Crippen molar-refractivity contribution in [3.8, 4) is 0 Å². The zero-order valence-corrected chi connectivity index (χ0v) is 19.3. The topological polar surface area (TPSA) is 81.1 Å². The lowest BCUT2D eigenvalue weighted by Gasteiger charge is -2.11. The number of anilines is 2. The second-order valence-electron chi connectivity index (χ2n) is 7.59. The second-order valence-corrected chi connectivity index (χ2v) is 9.10. The summed E-state index contributed by atoms with van der Waals surface area (Å²) in [5, 5.41) is 11.5. The van der Waals surface area contributed by atoms with Crippen LogP contribution in [0.5, 0.6) is 0 Å². The lowest BCUT2D eigenvalue weighted by molar-refractivity contribution is 0.0601. The van der Waals surface area contributed by atoms with Crippen LogP contribution in [-0.2, 0) is 24.1 Å². The molecule has 1 aromatic carbocycles. The van der Waals surface area contributed by atoms with Crippen molar-refractivity contribution in [1.29, 1.82) is 0 Å². The number of carbonyl (C=O) groups is 1. The predicted octanol–water partition coefficient (Wildman–Crippen LogP) is 4.78. The van der Waals surface area contributed by atoms with Crippen LogP contribution in [0, 0.1) is 5.82 Å². The third-order valence-corrected chi connectivity index (χ3v) is 6.72. The van der Waals surface area contributed by atoms with E-state index in [1.807, 2.05) is 0 Å². The van der Waals surface area contributed by atoms with Crippen molar-refractivity contribution in [3.63, 3.8) is 0 Å². The number of halogens is 1. The lowest BCUT2D eigenvalue weighted by atomic mass is 9.96. The molecular weight excluding hydrogens is 449 g/mol. The largest absolute Gasteiger partial charge is 0.465 e. The number of thiocarbonyl (C=S) groups is 1. The van der Waals surface area contributed by atoms with Gasteiger partial charge in [0.05, 0.1) is 19.2 Å². The Kier molecular flexibility index (Phi) is 7.11. The van der Waals surface area contributed by atoms with Gasteiger partial charge in [0.15, 0.2) is 5.11 Å². The molecule has 2 heterocycles. The van der Waals surface area contributed by atoms with Crippen LogP contribution in [0.2, 0.25) is 0 Å². The summed E-state index contributed by atoms with van der Waals surface area (Å²) in [4.78, 5) is 18.0. The van der Waals surface area contributed by atoms with E-state index in [1.54, 1.807) is 34.5 Å². The molecular formula is C22H24FN5O2S2. The minimum atomic E-state index is -0.352. The van der Waals surface area contributed by atoms with Gasteiger partial charge in [0.1, 0.15) is 17.1 Å². The van der Waals surface area contributed by atoms with E-state index >= 15 is 0 Å². The Hall–Kier alpha value is -2.85. The Morgan fingerprint density at radius 1 is 1.19 bits per heavy atom. The number of thiophene rings is 1. The SMILES string of the molecule is COC(=O)c1c(NC(=S)Nc2ncn(Cc3ccc(F)cc3)n2)sc2c1CCCCCC2. The van der Waals surface area contributed by atoms with E-state index in [-0.39, 0.29) is 11.8 Å². The summed E-state index contributed by atoms with van der Waals surface area (Å²) in [6.07, 6.45) is 7.96. The fourth-order valence-electron chi connectivity index (χ4n) is 3.77. The quantitative estimate of drug-likeness (QED) is 0.408. The molecule has 32 heavy (non-hydrogen) atoms. The molecule has 0 unspecified atom stereocenters. The normalized spacial score (nSPS) is 13.6. The smallest absolute Gasteiger partial charge is 0.341 e. The molecule has 1 aliphatic rings. The zero-order valence-electron chi connectivity index (χ0n) is 17.7. The minimum absolute atomic E-state index is 0.279. The molecule has 7 nitrogen and oxygen atoms in total. The summed E-state index contributed by atoms with van der Waals surface area (Å²) in [5.41, 5.74) is 2.56. The predicted molar refractivity (Wildman–Crippen MR) is 127 cm³/mol. The van der Waals surface area contributed by atoms with Crippen molar-refractivity contribution >= 4 is 45.6 Å². The Labute approximate surface area is 195 Å². The number of nitrogens with one attached hydrogen (secondary N) is 2. The van der Waals surface area contributed by atoms with Crippen LogP contribution in [-0.4, -0.2) is 33.0 Å². The van der Waals surface area contributed by atoms with Crippen LogP contribution < -0.4 is 10.6 Å². The first kappa shape index (κ1) is 22.3. The van der Waals surface area contributed by atoms with E-state index in [0.29, 0.717) is 28.2 Å². The highest BCUT2D eigenvalue weighted by Gasteiger charge is 2.25. The van der Waals surface area contributed by atoms with Gasteiger partial charge in [0.25, 0.3) is 0 Å². The standard InChI is InChI=1S/C22H24FN5O2S2/c1-30-20(29)18-16-6-4-2-3-5-7-17(16)32-19(18)25-22(31)26-21-24-13-28(27-21)12-14-8-10-15(23)11-9-14/h8-11,13H,2-7,12H2,1H3,(H2,25,26,27,31). The maximum absolute atomic E-state index is 13.1. The number of carbonyl (C=O) groups excluding carboxylic acids is 1. The number of rotatable bonds is 5. The van der Waals surface area contributed by atoms with E-state index < -0.39 is 0 Å². The molecule has 2 aromatic heterocycles. The van der Waals surface area contributed by atoms with Crippen LogP contribution in [0.3, 0.4) is 0 Å². The van der Waals surface area contributed by atoms with Crippen molar-refractivity contribution in [1.82, 2.24) is 14.8 Å². The first-order valence-corrected chi connectivity index (χ1v) is 11.7. The number of hydrogen-bond acceptors (Lipinski definition) is 6. The molecule has 10 heteroatoms. The Morgan fingerprint density at radius 2 is 1.94 bits per heavy atom. The van der Waals surface area contributed by atoms with Crippen molar-refractivity contribution in [2.24, 2.45) is 0 Å². The molecule has 0 aliphatic heterocycles. The van der Waals surface area contributed by atoms with E-state index in [2.05, 4.69) is 20.7 Å². The van der Waals surface area contributed by atoms with Gasteiger partial charge in [-0.25, -0.2) is 18.9 Å². The summed E-state index contributed by atoms with van der Waals surface area (Å²) in [6, 6.07) is 6.23. The van der Waals surface area contributed by atoms with Gasteiger partial charge >= 0.3 is 5.97 Å². The number of aromatic nitrogens is 3. The van der Waals surface area contributed by atoms with E-state index in [4.69, 9.17) is 17.0 Å². The minimum Gasteiger partial charge on any atom is -0.465 e.